The van der Waals surface area contributed by atoms with Crippen molar-refractivity contribution >= 4 is 0 Å². The fourth-order valence-electron chi connectivity index (χ4n) is 2.36. The van der Waals surface area contributed by atoms with Crippen LogP contribution in [0.2, 0.25) is 0 Å². The first kappa shape index (κ1) is 13.5. The molecule has 4 nitrogen and oxygen atoms in total. The number of pyridine rings is 1. The molecule has 0 aliphatic carbocycles. The van der Waals surface area contributed by atoms with Crippen LogP contribution in [0.25, 0.3) is 0 Å². The van der Waals surface area contributed by atoms with Crippen LogP contribution in [0.5, 0.6) is 0 Å². The van der Waals surface area contributed by atoms with E-state index in [1.54, 1.807) is 0 Å². The van der Waals surface area contributed by atoms with E-state index in [4.69, 9.17) is 0 Å². The summed E-state index contributed by atoms with van der Waals surface area (Å²) in [4.78, 5) is 6.49. The smallest absolute Gasteiger partial charge is 0.0270 e. The van der Waals surface area contributed by atoms with Crippen LogP contribution in [-0.4, -0.2) is 55.7 Å². The normalized spacial score (nSPS) is 21.1. The SMILES string of the molecule is CN1CCNCC1CCNCCc1ccncc1. The lowest BCUT2D eigenvalue weighted by atomic mass is 10.1. The number of likely N-dealkylation sites (N-methyl/N-ethyl adjacent to an activating group) is 1. The minimum Gasteiger partial charge on any atom is -0.316 e. The van der Waals surface area contributed by atoms with Gasteiger partial charge in [-0.2, -0.15) is 0 Å². The van der Waals surface area contributed by atoms with Crippen LogP contribution in [0.3, 0.4) is 0 Å². The summed E-state index contributed by atoms with van der Waals surface area (Å²) >= 11 is 0. The predicted molar refractivity (Wildman–Crippen MR) is 74.7 cm³/mol. The molecule has 0 radical (unpaired) electrons. The summed E-state index contributed by atoms with van der Waals surface area (Å²) in [6, 6.07) is 4.85. The van der Waals surface area contributed by atoms with Crippen molar-refractivity contribution in [3.63, 3.8) is 0 Å². The number of hydrogen-bond donors (Lipinski definition) is 2. The molecule has 0 saturated carbocycles. The van der Waals surface area contributed by atoms with Crippen LogP contribution in [0.1, 0.15) is 12.0 Å². The Kier molecular flexibility index (Phi) is 5.58. The Hall–Kier alpha value is -0.970. The molecular formula is C14H24N4. The molecule has 2 rings (SSSR count). The van der Waals surface area contributed by atoms with Crippen LogP contribution < -0.4 is 10.6 Å². The summed E-state index contributed by atoms with van der Waals surface area (Å²) < 4.78 is 0. The zero-order valence-electron chi connectivity index (χ0n) is 11.2. The minimum atomic E-state index is 0.687. The Labute approximate surface area is 110 Å². The summed E-state index contributed by atoms with van der Waals surface area (Å²) in [7, 11) is 2.22. The van der Waals surface area contributed by atoms with Crippen LogP contribution in [0, 0.1) is 0 Å². The Bertz CT molecular complexity index is 328. The van der Waals surface area contributed by atoms with E-state index in [9.17, 15) is 0 Å². The molecule has 1 aliphatic rings. The van der Waals surface area contributed by atoms with Gasteiger partial charge < -0.3 is 15.5 Å². The average Bonchev–Trinajstić information content (AvgIpc) is 2.42. The van der Waals surface area contributed by atoms with E-state index < -0.39 is 0 Å². The lowest BCUT2D eigenvalue weighted by Crippen LogP contribution is -2.50. The molecule has 1 aliphatic heterocycles. The van der Waals surface area contributed by atoms with E-state index >= 15 is 0 Å². The second-order valence-corrected chi connectivity index (χ2v) is 4.98. The Balaban J connectivity index is 1.56. The maximum absolute atomic E-state index is 4.03. The third-order valence-corrected chi connectivity index (χ3v) is 3.64. The number of piperazine rings is 1. The standard InChI is InChI=1S/C14H24N4/c1-18-11-10-17-12-14(18)5-9-16-8-4-13-2-6-15-7-3-13/h2-3,6-7,14,16-17H,4-5,8-12H2,1H3. The van der Waals surface area contributed by atoms with E-state index in [1.165, 1.54) is 18.5 Å². The molecule has 0 aromatic carbocycles. The number of nitrogens with one attached hydrogen (secondary N) is 2. The fourth-order valence-corrected chi connectivity index (χ4v) is 2.36. The van der Waals surface area contributed by atoms with Gasteiger partial charge in [0.05, 0.1) is 0 Å². The largest absolute Gasteiger partial charge is 0.316 e. The molecule has 0 bridgehead atoms. The molecule has 1 fully saturated rings. The molecule has 1 unspecified atom stereocenters. The first-order chi connectivity index (χ1) is 8.86. The van der Waals surface area contributed by atoms with Crippen molar-refractivity contribution in [2.24, 2.45) is 0 Å². The molecule has 0 spiro atoms. The van der Waals surface area contributed by atoms with Crippen molar-refractivity contribution in [3.05, 3.63) is 30.1 Å². The molecule has 18 heavy (non-hydrogen) atoms. The van der Waals surface area contributed by atoms with Gasteiger partial charge >= 0.3 is 0 Å². The van der Waals surface area contributed by atoms with Crippen LogP contribution in [-0.2, 0) is 6.42 Å². The molecule has 1 aromatic rings. The second kappa shape index (κ2) is 7.46. The van der Waals surface area contributed by atoms with E-state index in [0.717, 1.165) is 32.6 Å². The third kappa shape index (κ3) is 4.37. The number of rotatable bonds is 6. The lowest BCUT2D eigenvalue weighted by molar-refractivity contribution is 0.190. The molecule has 1 aromatic heterocycles. The minimum absolute atomic E-state index is 0.687. The van der Waals surface area contributed by atoms with Crippen molar-refractivity contribution in [2.45, 2.75) is 18.9 Å². The zero-order valence-corrected chi connectivity index (χ0v) is 11.2. The van der Waals surface area contributed by atoms with Gasteiger partial charge in [-0.15, -0.1) is 0 Å². The highest BCUT2D eigenvalue weighted by Gasteiger charge is 2.17. The third-order valence-electron chi connectivity index (χ3n) is 3.64. The average molecular weight is 248 g/mol. The maximum Gasteiger partial charge on any atom is 0.0270 e. The topological polar surface area (TPSA) is 40.2 Å². The molecule has 1 atom stereocenters. The number of nitrogens with zero attached hydrogens (tertiary/aromatic N) is 2. The van der Waals surface area contributed by atoms with Crippen molar-refractivity contribution in [2.75, 3.05) is 39.8 Å². The molecule has 0 amide bonds. The number of hydrogen-bond acceptors (Lipinski definition) is 4. The fraction of sp³-hybridized carbons (Fsp3) is 0.643. The summed E-state index contributed by atoms with van der Waals surface area (Å²) in [5, 5.41) is 6.98. The molecule has 2 N–H and O–H groups in total. The number of aromatic nitrogens is 1. The van der Waals surface area contributed by atoms with E-state index in [2.05, 4.69) is 39.7 Å². The first-order valence-corrected chi connectivity index (χ1v) is 6.87. The predicted octanol–water partition coefficient (Wildman–Crippen LogP) is 0.507. The molecular weight excluding hydrogens is 224 g/mol. The highest BCUT2D eigenvalue weighted by Crippen LogP contribution is 2.03. The molecule has 2 heterocycles. The van der Waals surface area contributed by atoms with E-state index in [1.807, 2.05) is 12.4 Å². The Morgan fingerprint density at radius 2 is 2.22 bits per heavy atom. The maximum atomic E-state index is 4.03. The van der Waals surface area contributed by atoms with Gasteiger partial charge in [-0.1, -0.05) is 0 Å². The second-order valence-electron chi connectivity index (χ2n) is 4.98. The summed E-state index contributed by atoms with van der Waals surface area (Å²) in [5.74, 6) is 0. The van der Waals surface area contributed by atoms with Crippen LogP contribution >= 0.6 is 0 Å². The van der Waals surface area contributed by atoms with E-state index in [-0.39, 0.29) is 0 Å². The molecule has 4 heteroatoms. The van der Waals surface area contributed by atoms with Crippen molar-refractivity contribution in [3.8, 4) is 0 Å². The Morgan fingerprint density at radius 1 is 1.39 bits per heavy atom. The van der Waals surface area contributed by atoms with E-state index in [0.29, 0.717) is 6.04 Å². The van der Waals surface area contributed by atoms with Gasteiger partial charge in [0.2, 0.25) is 0 Å². The van der Waals surface area contributed by atoms with Gasteiger partial charge in [-0.3, -0.25) is 4.98 Å². The van der Waals surface area contributed by atoms with Crippen molar-refractivity contribution in [1.29, 1.82) is 0 Å². The van der Waals surface area contributed by atoms with Gasteiger partial charge in [0.25, 0.3) is 0 Å². The lowest BCUT2D eigenvalue weighted by Gasteiger charge is -2.33. The molecule has 100 valence electrons. The summed E-state index contributed by atoms with van der Waals surface area (Å²) in [6.45, 7) is 5.57. The monoisotopic (exact) mass is 248 g/mol. The van der Waals surface area contributed by atoms with Crippen LogP contribution in [0.4, 0.5) is 0 Å². The van der Waals surface area contributed by atoms with Gasteiger partial charge in [0.1, 0.15) is 0 Å². The first-order valence-electron chi connectivity index (χ1n) is 6.87. The van der Waals surface area contributed by atoms with Gasteiger partial charge in [-0.25, -0.2) is 0 Å². The molecule has 1 saturated heterocycles. The van der Waals surface area contributed by atoms with Crippen molar-refractivity contribution in [1.82, 2.24) is 20.5 Å². The highest BCUT2D eigenvalue weighted by molar-refractivity contribution is 5.09. The zero-order chi connectivity index (χ0) is 12.6. The van der Waals surface area contributed by atoms with Gasteiger partial charge in [-0.05, 0) is 50.7 Å². The quantitative estimate of drug-likeness (QED) is 0.720. The van der Waals surface area contributed by atoms with Gasteiger partial charge in [0.15, 0.2) is 0 Å². The van der Waals surface area contributed by atoms with Crippen LogP contribution in [0.15, 0.2) is 24.5 Å². The Morgan fingerprint density at radius 3 is 3.00 bits per heavy atom. The summed E-state index contributed by atoms with van der Waals surface area (Å²) in [5.41, 5.74) is 1.36. The highest BCUT2D eigenvalue weighted by atomic mass is 15.2. The summed E-state index contributed by atoms with van der Waals surface area (Å²) in [6.07, 6.45) is 6.02. The van der Waals surface area contributed by atoms with Crippen molar-refractivity contribution < 1.29 is 0 Å². The van der Waals surface area contributed by atoms with Gasteiger partial charge in [0, 0.05) is 38.1 Å².